The van der Waals surface area contributed by atoms with Crippen molar-refractivity contribution >= 4 is 11.7 Å². The van der Waals surface area contributed by atoms with Gasteiger partial charge in [-0.3, -0.25) is 4.79 Å². The van der Waals surface area contributed by atoms with Crippen LogP contribution in [0.2, 0.25) is 0 Å². The van der Waals surface area contributed by atoms with Gasteiger partial charge in [-0.1, -0.05) is 30.3 Å². The topological polar surface area (TPSA) is 42.0 Å². The largest absolute Gasteiger partial charge is 0.307 e. The van der Waals surface area contributed by atoms with Crippen molar-refractivity contribution in [3.8, 4) is 11.1 Å². The second kappa shape index (κ2) is 6.18. The second-order valence-electron chi connectivity index (χ2n) is 4.76. The van der Waals surface area contributed by atoms with Crippen LogP contribution in [0.1, 0.15) is 10.4 Å². The van der Waals surface area contributed by atoms with Crippen LogP contribution in [0.3, 0.4) is 0 Å². The van der Waals surface area contributed by atoms with E-state index >= 15 is 0 Å². The van der Waals surface area contributed by atoms with E-state index in [1.165, 1.54) is 24.3 Å². The number of pyridine rings is 1. The highest BCUT2D eigenvalue weighted by molar-refractivity contribution is 6.03. The maximum Gasteiger partial charge on any atom is 0.256 e. The van der Waals surface area contributed by atoms with Gasteiger partial charge in [0.2, 0.25) is 0 Å². The predicted molar refractivity (Wildman–Crippen MR) is 84.0 cm³/mol. The van der Waals surface area contributed by atoms with Crippen LogP contribution in [0.15, 0.2) is 72.9 Å². The summed E-state index contributed by atoms with van der Waals surface area (Å²) >= 11 is 0. The Labute approximate surface area is 127 Å². The number of amides is 1. The molecule has 4 heteroatoms. The SMILES string of the molecule is O=C(Nc1ccc(-c2ccccc2)cn1)c1ccc(F)cc1. The van der Waals surface area contributed by atoms with Gasteiger partial charge in [-0.2, -0.15) is 0 Å². The molecular weight excluding hydrogens is 279 g/mol. The van der Waals surface area contributed by atoms with Crippen LogP contribution in [-0.4, -0.2) is 10.9 Å². The zero-order valence-electron chi connectivity index (χ0n) is 11.7. The van der Waals surface area contributed by atoms with Gasteiger partial charge in [0.25, 0.3) is 5.91 Å². The maximum atomic E-state index is 12.8. The lowest BCUT2D eigenvalue weighted by Crippen LogP contribution is -2.12. The molecule has 1 amide bonds. The molecule has 0 fully saturated rings. The monoisotopic (exact) mass is 292 g/mol. The fourth-order valence-electron chi connectivity index (χ4n) is 2.06. The minimum Gasteiger partial charge on any atom is -0.307 e. The Balaban J connectivity index is 1.73. The zero-order valence-corrected chi connectivity index (χ0v) is 11.7. The summed E-state index contributed by atoms with van der Waals surface area (Å²) < 4.78 is 12.8. The van der Waals surface area contributed by atoms with Crippen molar-refractivity contribution in [3.05, 3.63) is 84.3 Å². The van der Waals surface area contributed by atoms with E-state index in [-0.39, 0.29) is 11.7 Å². The van der Waals surface area contributed by atoms with Gasteiger partial charge < -0.3 is 5.32 Å². The van der Waals surface area contributed by atoms with Crippen LogP contribution in [0.4, 0.5) is 10.2 Å². The summed E-state index contributed by atoms with van der Waals surface area (Å²) in [5, 5.41) is 2.68. The van der Waals surface area contributed by atoms with Gasteiger partial charge in [0.1, 0.15) is 11.6 Å². The molecule has 1 heterocycles. The molecule has 1 aromatic heterocycles. The number of benzene rings is 2. The molecule has 22 heavy (non-hydrogen) atoms. The van der Waals surface area contributed by atoms with Gasteiger partial charge in [-0.15, -0.1) is 0 Å². The number of nitrogens with one attached hydrogen (secondary N) is 1. The lowest BCUT2D eigenvalue weighted by Gasteiger charge is -2.06. The van der Waals surface area contributed by atoms with Crippen molar-refractivity contribution in [2.45, 2.75) is 0 Å². The summed E-state index contributed by atoms with van der Waals surface area (Å²) in [4.78, 5) is 16.2. The molecule has 0 radical (unpaired) electrons. The lowest BCUT2D eigenvalue weighted by atomic mass is 10.1. The summed E-state index contributed by atoms with van der Waals surface area (Å²) in [5.74, 6) is -0.240. The Hall–Kier alpha value is -3.01. The Kier molecular flexibility index (Phi) is 3.92. The first kappa shape index (κ1) is 13.9. The number of nitrogens with zero attached hydrogens (tertiary/aromatic N) is 1. The Bertz CT molecular complexity index is 768. The highest BCUT2D eigenvalue weighted by Gasteiger charge is 2.07. The van der Waals surface area contributed by atoms with Crippen molar-refractivity contribution in [1.29, 1.82) is 0 Å². The number of hydrogen-bond acceptors (Lipinski definition) is 2. The summed E-state index contributed by atoms with van der Waals surface area (Å²) in [5.41, 5.74) is 2.42. The highest BCUT2D eigenvalue weighted by atomic mass is 19.1. The average molecular weight is 292 g/mol. The van der Waals surface area contributed by atoms with Gasteiger partial charge in [-0.05, 0) is 42.0 Å². The molecule has 1 N–H and O–H groups in total. The average Bonchev–Trinajstić information content (AvgIpc) is 2.57. The molecule has 0 aliphatic heterocycles. The maximum absolute atomic E-state index is 12.8. The second-order valence-corrected chi connectivity index (χ2v) is 4.76. The third-order valence-electron chi connectivity index (χ3n) is 3.22. The summed E-state index contributed by atoms with van der Waals surface area (Å²) in [6.07, 6.45) is 1.70. The number of carbonyl (C=O) groups excluding carboxylic acids is 1. The molecule has 2 aromatic carbocycles. The first-order valence-corrected chi connectivity index (χ1v) is 6.81. The van der Waals surface area contributed by atoms with E-state index < -0.39 is 0 Å². The van der Waals surface area contributed by atoms with Crippen molar-refractivity contribution in [3.63, 3.8) is 0 Å². The number of aromatic nitrogens is 1. The molecule has 3 aromatic rings. The number of hydrogen-bond donors (Lipinski definition) is 1. The Morgan fingerprint density at radius 2 is 1.59 bits per heavy atom. The van der Waals surface area contributed by atoms with Crippen molar-refractivity contribution in [2.75, 3.05) is 5.32 Å². The van der Waals surface area contributed by atoms with Crippen LogP contribution in [-0.2, 0) is 0 Å². The molecule has 0 bridgehead atoms. The molecule has 0 unspecified atom stereocenters. The normalized spacial score (nSPS) is 10.2. The van der Waals surface area contributed by atoms with E-state index in [1.54, 1.807) is 12.3 Å². The fraction of sp³-hybridized carbons (Fsp3) is 0. The van der Waals surface area contributed by atoms with Gasteiger partial charge in [0.15, 0.2) is 0 Å². The van der Waals surface area contributed by atoms with Crippen LogP contribution < -0.4 is 5.32 Å². The van der Waals surface area contributed by atoms with Gasteiger partial charge in [0.05, 0.1) is 0 Å². The third-order valence-corrected chi connectivity index (χ3v) is 3.22. The van der Waals surface area contributed by atoms with Crippen LogP contribution >= 0.6 is 0 Å². The minimum atomic E-state index is -0.373. The lowest BCUT2D eigenvalue weighted by molar-refractivity contribution is 0.102. The van der Waals surface area contributed by atoms with Crippen LogP contribution in [0.25, 0.3) is 11.1 Å². The van der Waals surface area contributed by atoms with E-state index in [4.69, 9.17) is 0 Å². The summed E-state index contributed by atoms with van der Waals surface area (Å²) in [7, 11) is 0. The zero-order chi connectivity index (χ0) is 15.4. The van der Waals surface area contributed by atoms with E-state index in [0.29, 0.717) is 11.4 Å². The summed E-state index contributed by atoms with van der Waals surface area (Å²) in [6.45, 7) is 0. The van der Waals surface area contributed by atoms with E-state index in [1.807, 2.05) is 36.4 Å². The minimum absolute atomic E-state index is 0.319. The Morgan fingerprint density at radius 3 is 2.23 bits per heavy atom. The number of halogens is 1. The molecule has 3 nitrogen and oxygen atoms in total. The highest BCUT2D eigenvalue weighted by Crippen LogP contribution is 2.19. The van der Waals surface area contributed by atoms with E-state index in [2.05, 4.69) is 10.3 Å². The molecule has 108 valence electrons. The first-order valence-electron chi connectivity index (χ1n) is 6.81. The van der Waals surface area contributed by atoms with E-state index in [9.17, 15) is 9.18 Å². The summed E-state index contributed by atoms with van der Waals surface area (Å²) in [6, 6.07) is 18.9. The van der Waals surface area contributed by atoms with Gasteiger partial charge in [-0.25, -0.2) is 9.37 Å². The predicted octanol–water partition coefficient (Wildman–Crippen LogP) is 4.14. The number of rotatable bonds is 3. The van der Waals surface area contributed by atoms with Crippen LogP contribution in [0.5, 0.6) is 0 Å². The number of anilines is 1. The van der Waals surface area contributed by atoms with Crippen LogP contribution in [0, 0.1) is 5.82 Å². The molecule has 0 atom stereocenters. The van der Waals surface area contributed by atoms with Crippen molar-refractivity contribution < 1.29 is 9.18 Å². The Morgan fingerprint density at radius 1 is 0.864 bits per heavy atom. The smallest absolute Gasteiger partial charge is 0.256 e. The number of carbonyl (C=O) groups is 1. The van der Waals surface area contributed by atoms with Gasteiger partial charge >= 0.3 is 0 Å². The quantitative estimate of drug-likeness (QED) is 0.788. The third kappa shape index (κ3) is 3.17. The van der Waals surface area contributed by atoms with Crippen molar-refractivity contribution in [2.24, 2.45) is 0 Å². The molecule has 3 rings (SSSR count). The van der Waals surface area contributed by atoms with Gasteiger partial charge in [0, 0.05) is 17.3 Å². The first-order chi connectivity index (χ1) is 10.7. The standard InChI is InChI=1S/C18H13FN2O/c19-16-9-6-14(7-10-16)18(22)21-17-11-8-15(12-20-17)13-4-2-1-3-5-13/h1-12H,(H,20,21,22). The molecule has 0 aliphatic rings. The van der Waals surface area contributed by atoms with E-state index in [0.717, 1.165) is 11.1 Å². The molecule has 0 saturated carbocycles. The fourth-order valence-corrected chi connectivity index (χ4v) is 2.06. The van der Waals surface area contributed by atoms with Crippen molar-refractivity contribution in [1.82, 2.24) is 4.98 Å². The molecule has 0 spiro atoms. The molecule has 0 saturated heterocycles. The molecule has 0 aliphatic carbocycles. The molecular formula is C18H13FN2O.